The monoisotopic (exact) mass is 410 g/mol. The Morgan fingerprint density at radius 2 is 1.93 bits per heavy atom. The molecule has 1 atom stereocenters. The molecule has 0 saturated heterocycles. The minimum absolute atomic E-state index is 0.112. The van der Waals surface area contributed by atoms with Gasteiger partial charge in [0.15, 0.2) is 6.10 Å². The van der Waals surface area contributed by atoms with E-state index in [2.05, 4.69) is 5.32 Å². The number of rotatable bonds is 8. The zero-order chi connectivity index (χ0) is 21.5. The van der Waals surface area contributed by atoms with E-state index < -0.39 is 12.1 Å². The van der Waals surface area contributed by atoms with E-state index >= 15 is 0 Å². The number of fused-ring (bicyclic) bond motifs is 1. The largest absolute Gasteiger partial charge is 0.478 e. The predicted molar refractivity (Wildman–Crippen MR) is 114 cm³/mol. The summed E-state index contributed by atoms with van der Waals surface area (Å²) in [6, 6.07) is 13.9. The van der Waals surface area contributed by atoms with Gasteiger partial charge < -0.3 is 19.7 Å². The molecule has 2 amide bonds. The minimum atomic E-state index is -0.547. The number of nitrogens with zero attached hydrogens (tertiary/aromatic N) is 1. The average Bonchev–Trinajstić information content (AvgIpc) is 2.76. The number of ether oxygens (including phenoxy) is 2. The fourth-order valence-corrected chi connectivity index (χ4v) is 3.20. The molecule has 0 saturated carbocycles. The summed E-state index contributed by atoms with van der Waals surface area (Å²) < 4.78 is 10.9. The van der Waals surface area contributed by atoms with Crippen molar-refractivity contribution in [3.05, 3.63) is 54.1 Å². The van der Waals surface area contributed by atoms with Crippen molar-refractivity contribution in [1.82, 2.24) is 0 Å². The first kappa shape index (κ1) is 21.4. The van der Waals surface area contributed by atoms with Crippen LogP contribution in [0.3, 0.4) is 0 Å². The minimum Gasteiger partial charge on any atom is -0.478 e. The number of carbonyl (C=O) groups is 3. The van der Waals surface area contributed by atoms with Gasteiger partial charge in [0.1, 0.15) is 5.75 Å². The van der Waals surface area contributed by atoms with Crippen LogP contribution in [0.4, 0.5) is 11.4 Å². The highest BCUT2D eigenvalue weighted by molar-refractivity contribution is 6.01. The quantitative estimate of drug-likeness (QED) is 0.670. The van der Waals surface area contributed by atoms with Crippen molar-refractivity contribution in [2.75, 3.05) is 23.4 Å². The Balaban J connectivity index is 1.63. The molecule has 7 heteroatoms. The lowest BCUT2D eigenvalue weighted by molar-refractivity contribution is -0.126. The van der Waals surface area contributed by atoms with E-state index in [0.29, 0.717) is 35.7 Å². The summed E-state index contributed by atoms with van der Waals surface area (Å²) in [6.07, 6.45) is 0.858. The third-order valence-electron chi connectivity index (χ3n) is 4.72. The van der Waals surface area contributed by atoms with Gasteiger partial charge in [0.05, 0.1) is 17.9 Å². The number of anilines is 2. The van der Waals surface area contributed by atoms with Gasteiger partial charge in [-0.1, -0.05) is 32.0 Å². The standard InChI is InChI=1S/C23H26N2O5/c1-3-14-29-23(28)16-8-7-9-17(15-16)24-21(26)12-13-25-18-10-5-6-11-20(18)30-19(4-2)22(25)27/h5-11,15,19H,3-4,12-14H2,1-2H3,(H,24,26). The van der Waals surface area contributed by atoms with E-state index in [1.54, 1.807) is 29.2 Å². The molecule has 1 N–H and O–H groups in total. The van der Waals surface area contributed by atoms with Crippen LogP contribution in [0.2, 0.25) is 0 Å². The molecule has 1 unspecified atom stereocenters. The van der Waals surface area contributed by atoms with Gasteiger partial charge in [-0.25, -0.2) is 4.79 Å². The first-order valence-electron chi connectivity index (χ1n) is 10.2. The Kier molecular flexibility index (Phi) is 7.06. The maximum absolute atomic E-state index is 12.7. The fourth-order valence-electron chi connectivity index (χ4n) is 3.20. The van der Waals surface area contributed by atoms with Crippen LogP contribution in [0.1, 0.15) is 43.5 Å². The second-order valence-electron chi connectivity index (χ2n) is 6.99. The third-order valence-corrected chi connectivity index (χ3v) is 4.72. The van der Waals surface area contributed by atoms with E-state index in [1.165, 1.54) is 0 Å². The molecule has 3 rings (SSSR count). The second kappa shape index (κ2) is 9.91. The lowest BCUT2D eigenvalue weighted by Crippen LogP contribution is -2.46. The van der Waals surface area contributed by atoms with Crippen LogP contribution in [0.25, 0.3) is 0 Å². The van der Waals surface area contributed by atoms with E-state index in [9.17, 15) is 14.4 Å². The van der Waals surface area contributed by atoms with Crippen molar-refractivity contribution in [3.63, 3.8) is 0 Å². The molecule has 0 bridgehead atoms. The lowest BCUT2D eigenvalue weighted by atomic mass is 10.1. The van der Waals surface area contributed by atoms with Gasteiger partial charge in [-0.15, -0.1) is 0 Å². The summed E-state index contributed by atoms with van der Waals surface area (Å²) in [6.45, 7) is 4.40. The molecule has 0 fully saturated rings. The zero-order valence-electron chi connectivity index (χ0n) is 17.2. The van der Waals surface area contributed by atoms with Crippen molar-refractivity contribution in [1.29, 1.82) is 0 Å². The van der Waals surface area contributed by atoms with Crippen LogP contribution in [0.15, 0.2) is 48.5 Å². The number of hydrogen-bond acceptors (Lipinski definition) is 5. The first-order valence-corrected chi connectivity index (χ1v) is 10.2. The summed E-state index contributed by atoms with van der Waals surface area (Å²) >= 11 is 0. The van der Waals surface area contributed by atoms with Gasteiger partial charge in [0, 0.05) is 18.7 Å². The molecule has 30 heavy (non-hydrogen) atoms. The molecule has 1 aliphatic rings. The number of esters is 1. The summed E-state index contributed by atoms with van der Waals surface area (Å²) in [4.78, 5) is 38.8. The van der Waals surface area contributed by atoms with E-state index in [1.807, 2.05) is 38.1 Å². The molecule has 0 radical (unpaired) electrons. The molecular weight excluding hydrogens is 384 g/mol. The van der Waals surface area contributed by atoms with Crippen LogP contribution < -0.4 is 15.0 Å². The van der Waals surface area contributed by atoms with Crippen LogP contribution in [0, 0.1) is 0 Å². The maximum atomic E-state index is 12.7. The Labute approximate surface area is 176 Å². The number of benzene rings is 2. The van der Waals surface area contributed by atoms with E-state index in [4.69, 9.17) is 9.47 Å². The number of hydrogen-bond donors (Lipinski definition) is 1. The molecule has 158 valence electrons. The van der Waals surface area contributed by atoms with Gasteiger partial charge >= 0.3 is 5.97 Å². The SMILES string of the molecule is CCCOC(=O)c1cccc(NC(=O)CCN2C(=O)C(CC)Oc3ccccc32)c1. The third kappa shape index (κ3) is 4.97. The summed E-state index contributed by atoms with van der Waals surface area (Å²) in [5, 5.41) is 2.78. The first-order chi connectivity index (χ1) is 14.5. The normalized spacial score (nSPS) is 15.2. The van der Waals surface area contributed by atoms with Crippen LogP contribution in [-0.4, -0.2) is 37.0 Å². The van der Waals surface area contributed by atoms with E-state index in [-0.39, 0.29) is 24.8 Å². The van der Waals surface area contributed by atoms with Gasteiger partial charge in [-0.2, -0.15) is 0 Å². The topological polar surface area (TPSA) is 84.9 Å². The number of amides is 2. The van der Waals surface area contributed by atoms with Gasteiger partial charge in [0.25, 0.3) is 5.91 Å². The summed E-state index contributed by atoms with van der Waals surface area (Å²) in [5.74, 6) is -0.180. The lowest BCUT2D eigenvalue weighted by Gasteiger charge is -2.33. The molecule has 1 aliphatic heterocycles. The van der Waals surface area contributed by atoms with Crippen molar-refractivity contribution < 1.29 is 23.9 Å². The second-order valence-corrected chi connectivity index (χ2v) is 6.99. The number of nitrogens with one attached hydrogen (secondary N) is 1. The van der Waals surface area contributed by atoms with Crippen LogP contribution in [-0.2, 0) is 14.3 Å². The summed E-state index contributed by atoms with van der Waals surface area (Å²) in [7, 11) is 0. The maximum Gasteiger partial charge on any atom is 0.338 e. The zero-order valence-corrected chi connectivity index (χ0v) is 17.2. The van der Waals surface area contributed by atoms with Crippen molar-refractivity contribution in [2.45, 2.75) is 39.2 Å². The molecule has 0 aliphatic carbocycles. The number of carbonyl (C=O) groups excluding carboxylic acids is 3. The number of para-hydroxylation sites is 2. The van der Waals surface area contributed by atoms with Crippen LogP contribution >= 0.6 is 0 Å². The van der Waals surface area contributed by atoms with E-state index in [0.717, 1.165) is 6.42 Å². The molecule has 7 nitrogen and oxygen atoms in total. The van der Waals surface area contributed by atoms with Gasteiger partial charge in [-0.3, -0.25) is 9.59 Å². The van der Waals surface area contributed by atoms with Gasteiger partial charge in [0.2, 0.25) is 5.91 Å². The molecule has 1 heterocycles. The fraction of sp³-hybridized carbons (Fsp3) is 0.348. The Morgan fingerprint density at radius 3 is 2.70 bits per heavy atom. The molecular formula is C23H26N2O5. The van der Waals surface area contributed by atoms with Crippen molar-refractivity contribution in [3.8, 4) is 5.75 Å². The predicted octanol–water partition coefficient (Wildman–Crippen LogP) is 3.79. The molecule has 2 aromatic carbocycles. The summed E-state index contributed by atoms with van der Waals surface area (Å²) in [5.41, 5.74) is 1.55. The molecule has 0 spiro atoms. The average molecular weight is 410 g/mol. The van der Waals surface area contributed by atoms with Crippen molar-refractivity contribution in [2.24, 2.45) is 0 Å². The highest BCUT2D eigenvalue weighted by atomic mass is 16.5. The highest BCUT2D eigenvalue weighted by Gasteiger charge is 2.33. The molecule has 0 aromatic heterocycles. The van der Waals surface area contributed by atoms with Crippen LogP contribution in [0.5, 0.6) is 5.75 Å². The Hall–Kier alpha value is -3.35. The Morgan fingerprint density at radius 1 is 1.13 bits per heavy atom. The highest BCUT2D eigenvalue weighted by Crippen LogP contribution is 2.34. The molecule has 2 aromatic rings. The van der Waals surface area contributed by atoms with Crippen molar-refractivity contribution >= 4 is 29.2 Å². The smallest absolute Gasteiger partial charge is 0.338 e. The van der Waals surface area contributed by atoms with Gasteiger partial charge in [-0.05, 0) is 43.2 Å². The Bertz CT molecular complexity index is 927.